The molecule has 0 aromatic rings. The number of carbonyl (C=O) groups excluding carboxylic acids is 2. The molecule has 0 heterocycles. The fraction of sp³-hybridized carbons (Fsp3) is 0.650. The van der Waals surface area contributed by atoms with Crippen molar-refractivity contribution in [3.63, 3.8) is 0 Å². The first-order chi connectivity index (χ1) is 11.9. The second-order valence-corrected chi connectivity index (χ2v) is 6.37. The third-order valence-corrected chi connectivity index (χ3v) is 4.12. The molecule has 0 aliphatic heterocycles. The van der Waals surface area contributed by atoms with Gasteiger partial charge in [-0.3, -0.25) is 9.59 Å². The molecule has 0 unspecified atom stereocenters. The topological polar surface area (TPSA) is 91.7 Å². The molecule has 3 atom stereocenters. The Morgan fingerprint density at radius 1 is 1.08 bits per heavy atom. The van der Waals surface area contributed by atoms with Crippen LogP contribution in [0.1, 0.15) is 65.2 Å². The van der Waals surface area contributed by atoms with Crippen molar-refractivity contribution in [3.8, 4) is 0 Å². The van der Waals surface area contributed by atoms with E-state index in [-0.39, 0.29) is 12.2 Å². The van der Waals surface area contributed by atoms with E-state index in [1.54, 1.807) is 12.2 Å². The molecule has 0 rings (SSSR count). The van der Waals surface area contributed by atoms with Crippen LogP contribution in [0.4, 0.5) is 0 Å². The van der Waals surface area contributed by atoms with Crippen LogP contribution in [0, 0.1) is 11.8 Å². The molecule has 5 heteroatoms. The second-order valence-electron chi connectivity index (χ2n) is 6.37. The van der Waals surface area contributed by atoms with Crippen LogP contribution in [0.2, 0.25) is 0 Å². The summed E-state index contributed by atoms with van der Waals surface area (Å²) in [7, 11) is 0. The average Bonchev–Trinajstić information content (AvgIpc) is 2.55. The van der Waals surface area contributed by atoms with Crippen molar-refractivity contribution in [3.05, 3.63) is 24.3 Å². The van der Waals surface area contributed by atoms with E-state index in [1.807, 2.05) is 12.2 Å². The lowest BCUT2D eigenvalue weighted by Gasteiger charge is -2.16. The number of carboxylic acids is 1. The van der Waals surface area contributed by atoms with Crippen molar-refractivity contribution in [2.45, 2.75) is 71.3 Å². The molecule has 0 fully saturated rings. The number of ketones is 1. The van der Waals surface area contributed by atoms with Gasteiger partial charge in [0.2, 0.25) is 0 Å². The minimum Gasteiger partial charge on any atom is -0.481 e. The molecule has 0 spiro atoms. The molecule has 2 N–H and O–H groups in total. The highest BCUT2D eigenvalue weighted by Gasteiger charge is 2.22. The monoisotopic (exact) mass is 352 g/mol. The Morgan fingerprint density at radius 2 is 1.80 bits per heavy atom. The molecule has 0 aromatic heterocycles. The maximum atomic E-state index is 11.8. The third-order valence-electron chi connectivity index (χ3n) is 4.12. The van der Waals surface area contributed by atoms with Gasteiger partial charge in [0.05, 0.1) is 6.10 Å². The molecule has 0 saturated heterocycles. The predicted octanol–water partition coefficient (Wildman–Crippen LogP) is 3.71. The molecule has 5 nitrogen and oxygen atoms in total. The van der Waals surface area contributed by atoms with E-state index >= 15 is 0 Å². The van der Waals surface area contributed by atoms with Crippen LogP contribution < -0.4 is 0 Å². The Hall–Kier alpha value is -1.75. The van der Waals surface area contributed by atoms with Crippen LogP contribution in [0.5, 0.6) is 0 Å². The normalized spacial score (nSPS) is 15.3. The van der Waals surface area contributed by atoms with Crippen molar-refractivity contribution in [2.24, 2.45) is 11.8 Å². The quantitative estimate of drug-likeness (QED) is 0.266. The summed E-state index contributed by atoms with van der Waals surface area (Å²) in [6, 6.07) is 0. The van der Waals surface area contributed by atoms with Crippen molar-refractivity contribution in [1.29, 1.82) is 0 Å². The second kappa shape index (κ2) is 14.6. The molecule has 0 radical (unpaired) electrons. The molecular formula is C20H32O5. The Kier molecular flexibility index (Phi) is 13.6. The summed E-state index contributed by atoms with van der Waals surface area (Å²) in [5.41, 5.74) is 0. The van der Waals surface area contributed by atoms with Gasteiger partial charge in [-0.25, -0.2) is 0 Å². The lowest BCUT2D eigenvalue weighted by atomic mass is 9.86. The zero-order chi connectivity index (χ0) is 19.1. The van der Waals surface area contributed by atoms with Crippen molar-refractivity contribution >= 4 is 18.0 Å². The summed E-state index contributed by atoms with van der Waals surface area (Å²) in [5.74, 6) is -1.90. The number of hydrogen-bond acceptors (Lipinski definition) is 4. The number of aliphatic carboxylic acids is 1. The van der Waals surface area contributed by atoms with E-state index < -0.39 is 23.9 Å². The molecule has 25 heavy (non-hydrogen) atoms. The number of hydrogen-bond donors (Lipinski definition) is 2. The highest BCUT2D eigenvalue weighted by Crippen LogP contribution is 2.19. The summed E-state index contributed by atoms with van der Waals surface area (Å²) < 4.78 is 0. The number of aliphatic hydroxyl groups excluding tert-OH is 1. The van der Waals surface area contributed by atoms with Crippen LogP contribution in [0.25, 0.3) is 0 Å². The molecule has 0 saturated carbocycles. The van der Waals surface area contributed by atoms with E-state index in [9.17, 15) is 19.5 Å². The summed E-state index contributed by atoms with van der Waals surface area (Å²) in [5, 5.41) is 18.5. The average molecular weight is 352 g/mol. The van der Waals surface area contributed by atoms with Gasteiger partial charge in [-0.05, 0) is 32.6 Å². The van der Waals surface area contributed by atoms with E-state index in [2.05, 4.69) is 6.92 Å². The molecule has 142 valence electrons. The SMILES string of the molecule is CCCCC[C@H](O)/C=C/[C@@H](C=O)[C@H](C/C=C\CCCC(=O)O)C(C)=O. The lowest BCUT2D eigenvalue weighted by Crippen LogP contribution is -2.21. The Morgan fingerprint density at radius 3 is 2.36 bits per heavy atom. The first kappa shape index (κ1) is 23.2. The molecule has 0 aliphatic rings. The highest BCUT2D eigenvalue weighted by atomic mass is 16.4. The molecule has 0 amide bonds. The predicted molar refractivity (Wildman–Crippen MR) is 98.3 cm³/mol. The van der Waals surface area contributed by atoms with E-state index in [4.69, 9.17) is 5.11 Å². The number of Topliss-reactive ketones (excluding diaryl/α,β-unsaturated/α-hetero) is 1. The summed E-state index contributed by atoms with van der Waals surface area (Å²) in [6.45, 7) is 3.56. The zero-order valence-corrected chi connectivity index (χ0v) is 15.4. The fourth-order valence-corrected chi connectivity index (χ4v) is 2.56. The minimum absolute atomic E-state index is 0.0718. The maximum absolute atomic E-state index is 11.8. The molecule has 0 bridgehead atoms. The Bertz CT molecular complexity index is 453. The largest absolute Gasteiger partial charge is 0.481 e. The number of unbranched alkanes of at least 4 members (excludes halogenated alkanes) is 3. The molecule has 0 aliphatic carbocycles. The van der Waals surface area contributed by atoms with Gasteiger partial charge in [0, 0.05) is 18.3 Å². The van der Waals surface area contributed by atoms with E-state index in [0.717, 1.165) is 25.5 Å². The zero-order valence-electron chi connectivity index (χ0n) is 15.4. The summed E-state index contributed by atoms with van der Waals surface area (Å²) in [4.78, 5) is 33.6. The van der Waals surface area contributed by atoms with Crippen LogP contribution in [-0.4, -0.2) is 34.4 Å². The maximum Gasteiger partial charge on any atom is 0.303 e. The highest BCUT2D eigenvalue weighted by molar-refractivity contribution is 5.82. The third kappa shape index (κ3) is 12.3. The summed E-state index contributed by atoms with van der Waals surface area (Å²) >= 11 is 0. The number of rotatable bonds is 15. The van der Waals surface area contributed by atoms with Gasteiger partial charge in [-0.1, -0.05) is 50.5 Å². The van der Waals surface area contributed by atoms with Gasteiger partial charge >= 0.3 is 5.97 Å². The van der Waals surface area contributed by atoms with Crippen molar-refractivity contribution in [2.75, 3.05) is 0 Å². The Balaban J connectivity index is 4.53. The van der Waals surface area contributed by atoms with Crippen LogP contribution >= 0.6 is 0 Å². The number of carbonyl (C=O) groups is 3. The van der Waals surface area contributed by atoms with Gasteiger partial charge in [0.1, 0.15) is 12.1 Å². The van der Waals surface area contributed by atoms with Gasteiger partial charge in [0.25, 0.3) is 0 Å². The van der Waals surface area contributed by atoms with E-state index in [0.29, 0.717) is 25.7 Å². The first-order valence-electron chi connectivity index (χ1n) is 9.11. The number of allylic oxidation sites excluding steroid dienone is 3. The summed E-state index contributed by atoms with van der Waals surface area (Å²) in [6.07, 6.45) is 12.6. The van der Waals surface area contributed by atoms with Gasteiger partial charge in [0.15, 0.2) is 0 Å². The first-order valence-corrected chi connectivity index (χ1v) is 9.11. The molecule has 0 aromatic carbocycles. The Labute approximate surface area is 150 Å². The van der Waals surface area contributed by atoms with Crippen LogP contribution in [0.15, 0.2) is 24.3 Å². The standard InChI is InChI=1S/C20H32O5/c1-3-4-7-10-18(23)14-13-17(15-21)19(16(2)22)11-8-5-6-9-12-20(24)25/h5,8,13-15,17-19,23H,3-4,6-7,9-12H2,1-2H3,(H,24,25)/b8-5-,14-13+/t17-,18-,19+/m0/s1. The minimum atomic E-state index is -0.821. The number of aliphatic hydroxyl groups is 1. The van der Waals surface area contributed by atoms with Gasteiger partial charge in [-0.15, -0.1) is 0 Å². The van der Waals surface area contributed by atoms with Gasteiger partial charge in [-0.2, -0.15) is 0 Å². The smallest absolute Gasteiger partial charge is 0.303 e. The van der Waals surface area contributed by atoms with Crippen molar-refractivity contribution in [1.82, 2.24) is 0 Å². The van der Waals surface area contributed by atoms with Crippen molar-refractivity contribution < 1.29 is 24.6 Å². The number of carboxylic acid groups (broad SMARTS) is 1. The van der Waals surface area contributed by atoms with Crippen LogP contribution in [-0.2, 0) is 14.4 Å². The lowest BCUT2D eigenvalue weighted by molar-refractivity contribution is -0.137. The van der Waals surface area contributed by atoms with E-state index in [1.165, 1.54) is 6.92 Å². The number of aldehydes is 1. The molecular weight excluding hydrogens is 320 g/mol. The fourth-order valence-electron chi connectivity index (χ4n) is 2.56. The van der Waals surface area contributed by atoms with Crippen LogP contribution in [0.3, 0.4) is 0 Å². The van der Waals surface area contributed by atoms with Gasteiger partial charge < -0.3 is 15.0 Å².